The molecule has 7 rings (SSSR count). The van der Waals surface area contributed by atoms with Crippen LogP contribution in [0.25, 0.3) is 54.7 Å². The van der Waals surface area contributed by atoms with Crippen molar-refractivity contribution in [2.24, 2.45) is 0 Å². The summed E-state index contributed by atoms with van der Waals surface area (Å²) in [6.07, 6.45) is 3.65. The Labute approximate surface area is 236 Å². The van der Waals surface area contributed by atoms with E-state index in [1.807, 2.05) is 66.9 Å². The molecule has 0 fully saturated rings. The molecule has 5 heterocycles. The third-order valence-corrected chi connectivity index (χ3v) is 6.91. The van der Waals surface area contributed by atoms with E-state index in [0.717, 1.165) is 43.4 Å². The fraction of sp³-hybridized carbons (Fsp3) is 0.0645. The predicted octanol–water partition coefficient (Wildman–Crippen LogP) is 8.22. The van der Waals surface area contributed by atoms with Gasteiger partial charge in [-0.3, -0.25) is 0 Å². The Kier molecular flexibility index (Phi) is 6.20. The van der Waals surface area contributed by atoms with Crippen molar-refractivity contribution in [1.82, 2.24) is 15.0 Å². The van der Waals surface area contributed by atoms with Crippen molar-refractivity contribution in [3.05, 3.63) is 114 Å². The summed E-state index contributed by atoms with van der Waals surface area (Å²) in [5.41, 5.74) is 5.68. The topological polar surface area (TPSA) is 51.8 Å². The second-order valence-corrected chi connectivity index (χ2v) is 9.13. The zero-order valence-corrected chi connectivity index (χ0v) is 22.9. The maximum atomic E-state index is 7.55. The van der Waals surface area contributed by atoms with Crippen LogP contribution in [0.1, 0.15) is 15.4 Å². The second kappa shape index (κ2) is 10.7. The number of aromatic nitrogens is 3. The van der Waals surface area contributed by atoms with Crippen molar-refractivity contribution in [3.8, 4) is 22.5 Å². The molecule has 6 heteroatoms. The summed E-state index contributed by atoms with van der Waals surface area (Å²) in [6, 6.07) is 29.1. The van der Waals surface area contributed by atoms with Gasteiger partial charge in [-0.1, -0.05) is 29.1 Å². The van der Waals surface area contributed by atoms with Crippen LogP contribution in [0, 0.1) is 25.9 Å². The van der Waals surface area contributed by atoms with E-state index >= 15 is 0 Å². The molecule has 0 aliphatic carbocycles. The van der Waals surface area contributed by atoms with Crippen LogP contribution in [0.2, 0.25) is 0 Å². The van der Waals surface area contributed by atoms with Crippen LogP contribution in [0.3, 0.4) is 0 Å². The SMILES string of the molecule is [2H]C([2H])([2H])c1ccc2c(n1)oc1c(-c3cc4c(C)csc4cn3)[c-]ccc12.[Ir].[c-]1ccccc1-c1ccccn1. The number of aryl methyl sites for hydroxylation is 2. The minimum Gasteiger partial charge on any atom is -0.486 e. The molecule has 0 N–H and O–H groups in total. The maximum absolute atomic E-state index is 7.55. The zero-order chi connectivity index (χ0) is 27.0. The van der Waals surface area contributed by atoms with Gasteiger partial charge in [0.15, 0.2) is 0 Å². The third kappa shape index (κ3) is 4.96. The summed E-state index contributed by atoms with van der Waals surface area (Å²) < 4.78 is 29.8. The number of fused-ring (bicyclic) bond motifs is 4. The molecule has 0 aliphatic heterocycles. The number of nitrogens with zero attached hydrogens (tertiary/aromatic N) is 3. The molecule has 0 atom stereocenters. The summed E-state index contributed by atoms with van der Waals surface area (Å²) in [5, 5.41) is 4.92. The van der Waals surface area contributed by atoms with Crippen LogP contribution in [0.4, 0.5) is 0 Å². The molecule has 37 heavy (non-hydrogen) atoms. The van der Waals surface area contributed by atoms with Gasteiger partial charge in [0.1, 0.15) is 0 Å². The maximum Gasteiger partial charge on any atom is 0.216 e. The quantitative estimate of drug-likeness (QED) is 0.173. The Morgan fingerprint density at radius 2 is 1.81 bits per heavy atom. The van der Waals surface area contributed by atoms with Crippen molar-refractivity contribution >= 4 is 43.5 Å². The number of hydrogen-bond acceptors (Lipinski definition) is 5. The van der Waals surface area contributed by atoms with Crippen LogP contribution in [0.5, 0.6) is 0 Å². The van der Waals surface area contributed by atoms with Gasteiger partial charge in [-0.15, -0.1) is 65.4 Å². The molecule has 5 aromatic heterocycles. The van der Waals surface area contributed by atoms with Gasteiger partial charge in [0.05, 0.1) is 10.3 Å². The van der Waals surface area contributed by atoms with E-state index in [1.54, 1.807) is 23.6 Å². The summed E-state index contributed by atoms with van der Waals surface area (Å²) in [4.78, 5) is 13.0. The van der Waals surface area contributed by atoms with Crippen molar-refractivity contribution < 1.29 is 28.6 Å². The fourth-order valence-corrected chi connectivity index (χ4v) is 4.98. The summed E-state index contributed by atoms with van der Waals surface area (Å²) in [6.45, 7) is -0.195. The molecule has 183 valence electrons. The number of pyridine rings is 3. The Bertz CT molecular complexity index is 1880. The van der Waals surface area contributed by atoms with Gasteiger partial charge in [0.25, 0.3) is 0 Å². The molecule has 0 unspecified atom stereocenters. The molecular weight excluding hydrogens is 655 g/mol. The van der Waals surface area contributed by atoms with Crippen LogP contribution in [-0.4, -0.2) is 15.0 Å². The molecule has 0 amide bonds. The summed E-state index contributed by atoms with van der Waals surface area (Å²) in [7, 11) is 0. The van der Waals surface area contributed by atoms with Gasteiger partial charge >= 0.3 is 0 Å². The van der Waals surface area contributed by atoms with Gasteiger partial charge in [0, 0.05) is 47.7 Å². The zero-order valence-electron chi connectivity index (χ0n) is 22.7. The van der Waals surface area contributed by atoms with Crippen molar-refractivity contribution in [2.75, 3.05) is 0 Å². The average molecular weight is 679 g/mol. The van der Waals surface area contributed by atoms with Gasteiger partial charge < -0.3 is 14.4 Å². The fourth-order valence-electron chi connectivity index (χ4n) is 4.08. The van der Waals surface area contributed by atoms with E-state index in [1.165, 1.54) is 11.6 Å². The smallest absolute Gasteiger partial charge is 0.216 e. The van der Waals surface area contributed by atoms with E-state index in [-0.39, 0.29) is 25.8 Å². The molecule has 0 saturated carbocycles. The standard InChI is InChI=1S/C20H13N2OS.C11H8N.Ir/c1-11-10-24-18-9-21-17(8-16(11)18)15-5-3-4-13-14-7-6-12(2)22-20(14)23-19(13)15;1-2-6-10(7-3-1)11-8-4-5-9-12-11;/h3-4,6-10H,1-2H3;1-6,8-9H;/q2*-1;/i2D3;;. The van der Waals surface area contributed by atoms with Gasteiger partial charge in [0.2, 0.25) is 5.71 Å². The molecule has 0 saturated heterocycles. The Hall–Kier alpha value is -3.70. The Balaban J connectivity index is 0.000000209. The second-order valence-electron chi connectivity index (χ2n) is 8.22. The minimum atomic E-state index is -2.27. The van der Waals surface area contributed by atoms with Crippen LogP contribution in [-0.2, 0) is 20.1 Å². The predicted molar refractivity (Wildman–Crippen MR) is 147 cm³/mol. The number of thiophene rings is 1. The molecule has 0 aliphatic rings. The number of benzene rings is 2. The first-order chi connectivity index (χ1) is 18.9. The van der Waals surface area contributed by atoms with E-state index in [2.05, 4.69) is 39.4 Å². The van der Waals surface area contributed by atoms with Crippen LogP contribution < -0.4 is 0 Å². The first kappa shape index (κ1) is 21.4. The van der Waals surface area contributed by atoms with Crippen molar-refractivity contribution in [2.45, 2.75) is 13.8 Å². The van der Waals surface area contributed by atoms with Gasteiger partial charge in [-0.2, -0.15) is 0 Å². The Morgan fingerprint density at radius 3 is 2.62 bits per heavy atom. The summed E-state index contributed by atoms with van der Waals surface area (Å²) in [5.74, 6) is 0. The number of rotatable bonds is 2. The normalized spacial score (nSPS) is 12.3. The molecule has 1 radical (unpaired) electrons. The molecule has 2 aromatic carbocycles. The van der Waals surface area contributed by atoms with Crippen LogP contribution in [0.15, 0.2) is 95.0 Å². The van der Waals surface area contributed by atoms with Crippen molar-refractivity contribution in [1.29, 1.82) is 0 Å². The first-order valence-electron chi connectivity index (χ1n) is 12.9. The molecule has 7 aromatic rings. The minimum absolute atomic E-state index is 0. The van der Waals surface area contributed by atoms with E-state index < -0.39 is 6.85 Å². The van der Waals surface area contributed by atoms with Gasteiger partial charge in [-0.05, 0) is 59.7 Å². The van der Waals surface area contributed by atoms with Crippen LogP contribution >= 0.6 is 11.3 Å². The molecular formula is C31H21IrN3OS-2. The largest absolute Gasteiger partial charge is 0.486 e. The van der Waals surface area contributed by atoms with Crippen molar-refractivity contribution in [3.63, 3.8) is 0 Å². The monoisotopic (exact) mass is 679 g/mol. The van der Waals surface area contributed by atoms with E-state index in [4.69, 9.17) is 8.53 Å². The average Bonchev–Trinajstić information content (AvgIpc) is 3.53. The molecule has 0 bridgehead atoms. The van der Waals surface area contributed by atoms with Gasteiger partial charge in [-0.25, -0.2) is 4.98 Å². The van der Waals surface area contributed by atoms with E-state index in [9.17, 15) is 0 Å². The Morgan fingerprint density at radius 1 is 0.892 bits per heavy atom. The number of furan rings is 1. The third-order valence-electron chi connectivity index (χ3n) is 5.86. The molecule has 4 nitrogen and oxygen atoms in total. The summed E-state index contributed by atoms with van der Waals surface area (Å²) >= 11 is 1.67. The molecule has 0 spiro atoms. The first-order valence-corrected chi connectivity index (χ1v) is 12.2. The number of hydrogen-bond donors (Lipinski definition) is 0. The van der Waals surface area contributed by atoms with E-state index in [0.29, 0.717) is 11.3 Å².